The van der Waals surface area contributed by atoms with Crippen molar-refractivity contribution >= 4 is 38.1 Å². The van der Waals surface area contributed by atoms with Gasteiger partial charge in [-0.15, -0.1) is 10.2 Å². The van der Waals surface area contributed by atoms with Crippen molar-refractivity contribution in [2.24, 2.45) is 0 Å². The quantitative estimate of drug-likeness (QED) is 0.731. The van der Waals surface area contributed by atoms with E-state index in [-0.39, 0.29) is 0 Å². The molecule has 1 aromatic heterocycles. The maximum atomic E-state index is 12.6. The van der Waals surface area contributed by atoms with E-state index in [0.29, 0.717) is 31.3 Å². The molecule has 0 unspecified atom stereocenters. The number of anilines is 2. The molecule has 0 spiro atoms. The highest BCUT2D eigenvalue weighted by atomic mass is 32.2. The summed E-state index contributed by atoms with van der Waals surface area (Å²) in [7, 11) is -3.67. The predicted molar refractivity (Wildman–Crippen MR) is 111 cm³/mol. The zero-order valence-electron chi connectivity index (χ0n) is 16.1. The molecule has 28 heavy (non-hydrogen) atoms. The van der Waals surface area contributed by atoms with Crippen LogP contribution in [0.4, 0.5) is 10.8 Å². The van der Waals surface area contributed by atoms with Crippen molar-refractivity contribution in [3.05, 3.63) is 34.8 Å². The van der Waals surface area contributed by atoms with Crippen molar-refractivity contribution in [2.75, 3.05) is 42.1 Å². The zero-order valence-corrected chi connectivity index (χ0v) is 17.7. The van der Waals surface area contributed by atoms with Gasteiger partial charge in [0, 0.05) is 38.3 Å². The van der Waals surface area contributed by atoms with Crippen LogP contribution >= 0.6 is 11.3 Å². The van der Waals surface area contributed by atoms with Gasteiger partial charge in [-0.05, 0) is 31.0 Å². The highest BCUT2D eigenvalue weighted by Crippen LogP contribution is 2.20. The number of nitrogens with one attached hydrogen (secondary N) is 1. The number of sulfonamides is 1. The van der Waals surface area contributed by atoms with Crippen molar-refractivity contribution in [1.29, 1.82) is 0 Å². The van der Waals surface area contributed by atoms with E-state index in [0.717, 1.165) is 23.5 Å². The van der Waals surface area contributed by atoms with Crippen LogP contribution in [0.2, 0.25) is 0 Å². The molecule has 0 bridgehead atoms. The molecule has 1 aliphatic rings. The van der Waals surface area contributed by atoms with E-state index in [1.165, 1.54) is 21.2 Å². The summed E-state index contributed by atoms with van der Waals surface area (Å²) < 4.78 is 26.6. The summed E-state index contributed by atoms with van der Waals surface area (Å²) in [5, 5.41) is 11.6. The van der Waals surface area contributed by atoms with E-state index in [1.807, 2.05) is 32.0 Å². The Morgan fingerprint density at radius 2 is 1.96 bits per heavy atom. The second-order valence-corrected chi connectivity index (χ2v) is 9.81. The van der Waals surface area contributed by atoms with Crippen molar-refractivity contribution in [1.82, 2.24) is 14.5 Å². The molecule has 2 heterocycles. The van der Waals surface area contributed by atoms with Crippen LogP contribution in [0.15, 0.2) is 24.3 Å². The third-order valence-electron chi connectivity index (χ3n) is 4.49. The highest BCUT2D eigenvalue weighted by molar-refractivity contribution is 7.89. The van der Waals surface area contributed by atoms with Crippen LogP contribution in [0.25, 0.3) is 0 Å². The van der Waals surface area contributed by atoms with Crippen LogP contribution < -0.4 is 10.2 Å². The minimum absolute atomic E-state index is 0.341. The van der Waals surface area contributed by atoms with E-state index in [9.17, 15) is 13.2 Å². The Bertz CT molecular complexity index is 921. The molecule has 1 N–H and O–H groups in total. The summed E-state index contributed by atoms with van der Waals surface area (Å²) in [6.07, 6.45) is 1.72. The van der Waals surface area contributed by atoms with Gasteiger partial charge < -0.3 is 4.90 Å². The van der Waals surface area contributed by atoms with Gasteiger partial charge in [0.1, 0.15) is 10.8 Å². The first-order chi connectivity index (χ1) is 13.4. The van der Waals surface area contributed by atoms with E-state index >= 15 is 0 Å². The summed E-state index contributed by atoms with van der Waals surface area (Å²) in [5.74, 6) is -1.17. The first kappa shape index (κ1) is 20.7. The highest BCUT2D eigenvalue weighted by Gasteiger charge is 2.29. The maximum Gasteiger partial charge on any atom is 0.242 e. The van der Waals surface area contributed by atoms with Gasteiger partial charge in [-0.2, -0.15) is 4.31 Å². The number of nitrogens with zero attached hydrogens (tertiary/aromatic N) is 4. The van der Waals surface area contributed by atoms with Crippen molar-refractivity contribution in [3.8, 4) is 0 Å². The topological polar surface area (TPSA) is 95.5 Å². The third kappa shape index (κ3) is 5.27. The number of amides is 1. The number of carbonyl (C=O) groups excluding carboxylic acids is 1. The number of piperazine rings is 1. The van der Waals surface area contributed by atoms with Crippen LogP contribution in [0.3, 0.4) is 0 Å². The standard InChI is InChI=1S/C18H25N5O3S2/c1-3-5-17-20-21-18(27-17)19-16(24)13-28(25,26)23-10-8-22(9-11-23)15-7-4-6-14(2)12-15/h4,6-7,12H,3,5,8-11,13H2,1-2H3,(H,19,21,24). The number of rotatable bonds is 7. The van der Waals surface area contributed by atoms with Crippen molar-refractivity contribution < 1.29 is 13.2 Å². The first-order valence-electron chi connectivity index (χ1n) is 9.29. The van der Waals surface area contributed by atoms with Crippen LogP contribution in [0.5, 0.6) is 0 Å². The molecule has 1 saturated heterocycles. The van der Waals surface area contributed by atoms with E-state index < -0.39 is 21.7 Å². The smallest absolute Gasteiger partial charge is 0.242 e. The number of hydrogen-bond donors (Lipinski definition) is 1. The summed E-state index contributed by atoms with van der Waals surface area (Å²) >= 11 is 1.28. The molecule has 0 radical (unpaired) electrons. The minimum Gasteiger partial charge on any atom is -0.369 e. The molecular formula is C18H25N5O3S2. The Labute approximate surface area is 169 Å². The Morgan fingerprint density at radius 3 is 2.64 bits per heavy atom. The molecule has 0 saturated carbocycles. The second kappa shape index (κ2) is 8.97. The van der Waals surface area contributed by atoms with E-state index in [2.05, 4.69) is 26.5 Å². The number of aromatic nitrogens is 2. The van der Waals surface area contributed by atoms with Gasteiger partial charge in [-0.25, -0.2) is 8.42 Å². The summed E-state index contributed by atoms with van der Waals surface area (Å²) in [6.45, 7) is 5.99. The molecule has 1 amide bonds. The number of hydrogen-bond acceptors (Lipinski definition) is 7. The van der Waals surface area contributed by atoms with Gasteiger partial charge in [0.2, 0.25) is 21.1 Å². The Kier molecular flexibility index (Phi) is 6.63. The SMILES string of the molecule is CCCc1nnc(NC(=O)CS(=O)(=O)N2CCN(c3cccc(C)c3)CC2)s1. The number of carbonyl (C=O) groups is 1. The molecule has 1 fully saturated rings. The first-order valence-corrected chi connectivity index (χ1v) is 11.7. The van der Waals surface area contributed by atoms with Crippen LogP contribution in [-0.2, 0) is 21.2 Å². The van der Waals surface area contributed by atoms with E-state index in [1.54, 1.807) is 0 Å². The third-order valence-corrected chi connectivity index (χ3v) is 7.17. The molecule has 1 aliphatic heterocycles. The molecule has 10 heteroatoms. The molecule has 0 aliphatic carbocycles. The lowest BCUT2D eigenvalue weighted by molar-refractivity contribution is -0.113. The molecular weight excluding hydrogens is 398 g/mol. The van der Waals surface area contributed by atoms with Gasteiger partial charge in [-0.1, -0.05) is 30.4 Å². The van der Waals surface area contributed by atoms with E-state index in [4.69, 9.17) is 0 Å². The normalized spacial score (nSPS) is 15.6. The fourth-order valence-corrected chi connectivity index (χ4v) is 5.24. The van der Waals surface area contributed by atoms with Gasteiger partial charge in [0.05, 0.1) is 0 Å². The minimum atomic E-state index is -3.67. The van der Waals surface area contributed by atoms with Gasteiger partial charge in [0.25, 0.3) is 0 Å². The van der Waals surface area contributed by atoms with Gasteiger partial charge in [-0.3, -0.25) is 10.1 Å². The lowest BCUT2D eigenvalue weighted by Crippen LogP contribution is -2.50. The van der Waals surface area contributed by atoms with Crippen molar-refractivity contribution in [2.45, 2.75) is 26.7 Å². The molecule has 1 aromatic carbocycles. The molecule has 0 atom stereocenters. The predicted octanol–water partition coefficient (Wildman–Crippen LogP) is 1.89. The summed E-state index contributed by atoms with van der Waals surface area (Å²) in [6, 6.07) is 8.15. The fraction of sp³-hybridized carbons (Fsp3) is 0.500. The molecule has 3 rings (SSSR count). The number of benzene rings is 1. The molecule has 2 aromatic rings. The molecule has 152 valence electrons. The van der Waals surface area contributed by atoms with Gasteiger partial charge in [0.15, 0.2) is 0 Å². The fourth-order valence-electron chi connectivity index (χ4n) is 3.08. The monoisotopic (exact) mass is 423 g/mol. The lowest BCUT2D eigenvalue weighted by Gasteiger charge is -2.35. The largest absolute Gasteiger partial charge is 0.369 e. The van der Waals surface area contributed by atoms with Crippen molar-refractivity contribution in [3.63, 3.8) is 0 Å². The average Bonchev–Trinajstić information content (AvgIpc) is 3.08. The Morgan fingerprint density at radius 1 is 1.21 bits per heavy atom. The maximum absolute atomic E-state index is 12.6. The van der Waals surface area contributed by atoms with Crippen LogP contribution in [-0.4, -0.2) is 60.8 Å². The van der Waals surface area contributed by atoms with Crippen LogP contribution in [0.1, 0.15) is 23.9 Å². The summed E-state index contributed by atoms with van der Waals surface area (Å²) in [4.78, 5) is 14.3. The average molecular weight is 424 g/mol. The lowest BCUT2D eigenvalue weighted by atomic mass is 10.2. The Hall–Kier alpha value is -2.04. The second-order valence-electron chi connectivity index (χ2n) is 6.78. The molecule has 8 nitrogen and oxygen atoms in total. The zero-order chi connectivity index (χ0) is 20.1. The number of aryl methyl sites for hydroxylation is 2. The Balaban J connectivity index is 1.54. The summed E-state index contributed by atoms with van der Waals surface area (Å²) in [5.41, 5.74) is 2.26. The van der Waals surface area contributed by atoms with Crippen LogP contribution in [0, 0.1) is 6.92 Å². The van der Waals surface area contributed by atoms with Gasteiger partial charge >= 0.3 is 0 Å².